The van der Waals surface area contributed by atoms with Crippen LogP contribution in [0.2, 0.25) is 0 Å². The van der Waals surface area contributed by atoms with Crippen molar-refractivity contribution in [2.75, 3.05) is 0 Å². The third kappa shape index (κ3) is 3.19. The quantitative estimate of drug-likeness (QED) is 0.614. The molecule has 72 valence electrons. The number of rotatable bonds is 3. The Hall–Kier alpha value is -0.620. The fourth-order valence-electron chi connectivity index (χ4n) is 0.351. The lowest BCUT2D eigenvalue weighted by molar-refractivity contribution is -0.120. The van der Waals surface area contributed by atoms with Gasteiger partial charge in [0.1, 0.15) is 0 Å². The molecule has 0 aromatic rings. The summed E-state index contributed by atoms with van der Waals surface area (Å²) in [5.74, 6) is -0.677. The number of nitrogens with one attached hydrogen (secondary N) is 1. The summed E-state index contributed by atoms with van der Waals surface area (Å²) in [6.45, 7) is 4.39. The van der Waals surface area contributed by atoms with Crippen molar-refractivity contribution >= 4 is 15.9 Å². The lowest BCUT2D eigenvalue weighted by Gasteiger charge is -2.10. The van der Waals surface area contributed by atoms with Gasteiger partial charge in [0, 0.05) is 0 Å². The van der Waals surface area contributed by atoms with Crippen molar-refractivity contribution in [2.24, 2.45) is 5.73 Å². The summed E-state index contributed by atoms with van der Waals surface area (Å²) in [7, 11) is -3.52. The van der Waals surface area contributed by atoms with Crippen molar-refractivity contribution in [3.63, 3.8) is 0 Å². The van der Waals surface area contributed by atoms with Crippen LogP contribution < -0.4 is 10.5 Å². The zero-order chi connectivity index (χ0) is 9.94. The number of hydrogen-bond donors (Lipinski definition) is 2. The van der Waals surface area contributed by atoms with Gasteiger partial charge in [0.05, 0.1) is 11.3 Å². The summed E-state index contributed by atoms with van der Waals surface area (Å²) < 4.78 is 24.0. The van der Waals surface area contributed by atoms with E-state index in [1.165, 1.54) is 20.8 Å². The molecule has 0 bridgehead atoms. The summed E-state index contributed by atoms with van der Waals surface area (Å²) in [4.78, 5) is 10.8. The average Bonchev–Trinajstić information content (AvgIpc) is 1.85. The van der Waals surface area contributed by atoms with E-state index in [1.54, 1.807) is 0 Å². The number of carbonyl (C=O) groups is 1. The molecule has 0 radical (unpaired) electrons. The first-order chi connectivity index (χ1) is 5.27. The predicted molar refractivity (Wildman–Crippen MR) is 45.8 cm³/mol. The molecular weight excluding hydrogens is 180 g/mol. The molecule has 0 heterocycles. The van der Waals surface area contributed by atoms with Crippen LogP contribution in [0.4, 0.5) is 0 Å². The second-order valence-corrected chi connectivity index (χ2v) is 5.09. The van der Waals surface area contributed by atoms with Gasteiger partial charge in [0.15, 0.2) is 0 Å². The Kier molecular flexibility index (Phi) is 3.66. The molecule has 0 saturated carbocycles. The maximum Gasteiger partial charge on any atom is 0.250 e. The average molecular weight is 194 g/mol. The van der Waals surface area contributed by atoms with Gasteiger partial charge in [-0.3, -0.25) is 9.52 Å². The van der Waals surface area contributed by atoms with Crippen LogP contribution in [-0.4, -0.2) is 25.6 Å². The fourth-order valence-corrected chi connectivity index (χ4v) is 1.05. The Labute approximate surface area is 72.4 Å². The van der Waals surface area contributed by atoms with E-state index in [0.717, 1.165) is 0 Å². The van der Waals surface area contributed by atoms with Crippen molar-refractivity contribution in [3.05, 3.63) is 0 Å². The van der Waals surface area contributed by atoms with Crippen LogP contribution in [-0.2, 0) is 14.8 Å². The molecule has 0 rings (SSSR count). The maximum absolute atomic E-state index is 11.1. The molecule has 3 N–H and O–H groups in total. The van der Waals surface area contributed by atoms with Crippen molar-refractivity contribution in [1.82, 2.24) is 4.72 Å². The van der Waals surface area contributed by atoms with Crippen LogP contribution in [0.25, 0.3) is 0 Å². The highest BCUT2D eigenvalue weighted by Gasteiger charge is 2.20. The summed E-state index contributed by atoms with van der Waals surface area (Å²) in [6, 6.07) is -0.807. The van der Waals surface area contributed by atoms with Crippen LogP contribution in [0, 0.1) is 0 Å². The minimum Gasteiger partial charge on any atom is -0.320 e. The maximum atomic E-state index is 11.1. The third-order valence-corrected chi connectivity index (χ3v) is 3.00. The van der Waals surface area contributed by atoms with Crippen LogP contribution in [0.5, 0.6) is 0 Å². The van der Waals surface area contributed by atoms with E-state index >= 15 is 0 Å². The van der Waals surface area contributed by atoms with Gasteiger partial charge in [-0.1, -0.05) is 0 Å². The number of amides is 1. The van der Waals surface area contributed by atoms with Gasteiger partial charge in [-0.2, -0.15) is 0 Å². The van der Waals surface area contributed by atoms with E-state index < -0.39 is 27.2 Å². The zero-order valence-electron chi connectivity index (χ0n) is 7.37. The minimum atomic E-state index is -3.52. The Morgan fingerprint density at radius 2 is 1.75 bits per heavy atom. The lowest BCUT2D eigenvalue weighted by atomic mass is 10.4. The van der Waals surface area contributed by atoms with Crippen LogP contribution in [0.3, 0.4) is 0 Å². The van der Waals surface area contributed by atoms with E-state index in [1.807, 2.05) is 4.72 Å². The number of carbonyl (C=O) groups excluding carboxylic acids is 1. The fraction of sp³-hybridized carbons (Fsp3) is 0.833. The van der Waals surface area contributed by atoms with Crippen LogP contribution in [0.1, 0.15) is 20.8 Å². The number of sulfonamides is 1. The van der Waals surface area contributed by atoms with E-state index in [-0.39, 0.29) is 0 Å². The molecule has 0 unspecified atom stereocenters. The van der Waals surface area contributed by atoms with Gasteiger partial charge in [0.25, 0.3) is 0 Å². The van der Waals surface area contributed by atoms with Crippen LogP contribution >= 0.6 is 0 Å². The van der Waals surface area contributed by atoms with E-state index in [2.05, 4.69) is 0 Å². The molecule has 0 saturated heterocycles. The summed E-state index contributed by atoms with van der Waals surface area (Å²) in [6.07, 6.45) is 0. The lowest BCUT2D eigenvalue weighted by Crippen LogP contribution is -2.44. The molecule has 6 heteroatoms. The summed E-state index contributed by atoms with van der Waals surface area (Å²) in [5, 5.41) is -0.625. The predicted octanol–water partition coefficient (Wildman–Crippen LogP) is -0.812. The van der Waals surface area contributed by atoms with Gasteiger partial charge in [-0.05, 0) is 20.8 Å². The van der Waals surface area contributed by atoms with Gasteiger partial charge in [-0.15, -0.1) is 0 Å². The van der Waals surface area contributed by atoms with Crippen LogP contribution in [0.15, 0.2) is 0 Å². The first-order valence-corrected chi connectivity index (χ1v) is 5.13. The van der Waals surface area contributed by atoms with E-state index in [0.29, 0.717) is 0 Å². The van der Waals surface area contributed by atoms with Gasteiger partial charge < -0.3 is 5.73 Å². The summed E-state index contributed by atoms with van der Waals surface area (Å²) in [5.41, 5.74) is 5.17. The van der Waals surface area contributed by atoms with Crippen molar-refractivity contribution in [1.29, 1.82) is 0 Å². The molecule has 1 amide bonds. The monoisotopic (exact) mass is 194 g/mol. The smallest absolute Gasteiger partial charge is 0.250 e. The Morgan fingerprint density at radius 3 is 2.00 bits per heavy atom. The highest BCUT2D eigenvalue weighted by Crippen LogP contribution is 1.95. The third-order valence-electron chi connectivity index (χ3n) is 1.28. The first-order valence-electron chi connectivity index (χ1n) is 3.58. The molecule has 12 heavy (non-hydrogen) atoms. The minimum absolute atomic E-state index is 0.625. The zero-order valence-corrected chi connectivity index (χ0v) is 8.18. The SMILES string of the molecule is CC(C)S(=O)(=O)NC(=O)[C@H](C)N. The normalized spacial score (nSPS) is 14.4. The highest BCUT2D eigenvalue weighted by atomic mass is 32.2. The molecule has 0 aromatic carbocycles. The first kappa shape index (κ1) is 11.4. The Bertz CT molecular complexity index is 256. The van der Waals surface area contributed by atoms with Gasteiger partial charge >= 0.3 is 0 Å². The molecule has 0 spiro atoms. The number of nitrogens with two attached hydrogens (primary N) is 1. The molecule has 1 atom stereocenters. The van der Waals surface area contributed by atoms with Gasteiger partial charge in [0.2, 0.25) is 15.9 Å². The second-order valence-electron chi connectivity index (χ2n) is 2.85. The highest BCUT2D eigenvalue weighted by molar-refractivity contribution is 7.90. The molecular formula is C6H14N2O3S. The topological polar surface area (TPSA) is 89.3 Å². The largest absolute Gasteiger partial charge is 0.320 e. The van der Waals surface area contributed by atoms with Crippen molar-refractivity contribution in [3.8, 4) is 0 Å². The second kappa shape index (κ2) is 3.86. The Balaban J connectivity index is 4.38. The van der Waals surface area contributed by atoms with Gasteiger partial charge in [-0.25, -0.2) is 8.42 Å². The van der Waals surface area contributed by atoms with Crippen molar-refractivity contribution < 1.29 is 13.2 Å². The summed E-state index contributed by atoms with van der Waals surface area (Å²) >= 11 is 0. The molecule has 0 fully saturated rings. The standard InChI is InChI=1S/C6H14N2O3S/c1-4(2)12(10,11)8-6(9)5(3)7/h4-5H,7H2,1-3H3,(H,8,9)/t5-/m0/s1. The van der Waals surface area contributed by atoms with E-state index in [9.17, 15) is 13.2 Å². The Morgan fingerprint density at radius 1 is 1.33 bits per heavy atom. The van der Waals surface area contributed by atoms with E-state index in [4.69, 9.17) is 5.73 Å². The number of hydrogen-bond acceptors (Lipinski definition) is 4. The molecule has 0 aliphatic heterocycles. The molecule has 0 aromatic heterocycles. The van der Waals surface area contributed by atoms with Crippen molar-refractivity contribution in [2.45, 2.75) is 32.1 Å². The molecule has 0 aliphatic carbocycles. The molecule has 0 aliphatic rings. The molecule has 5 nitrogen and oxygen atoms in total.